The van der Waals surface area contributed by atoms with Crippen molar-refractivity contribution in [2.24, 2.45) is 0 Å². The summed E-state index contributed by atoms with van der Waals surface area (Å²) in [5.41, 5.74) is 0. The van der Waals surface area contributed by atoms with E-state index in [2.05, 4.69) is 6.58 Å². The van der Waals surface area contributed by atoms with Gasteiger partial charge < -0.3 is 24.4 Å². The fourth-order valence-corrected chi connectivity index (χ4v) is 1.75. The van der Waals surface area contributed by atoms with Gasteiger partial charge in [0.25, 0.3) is 0 Å². The predicted octanol–water partition coefficient (Wildman–Crippen LogP) is -0.966. The molecule has 0 aromatic carbocycles. The molecule has 0 saturated carbocycles. The number of hydrogen-bond donors (Lipinski definition) is 2. The van der Waals surface area contributed by atoms with Crippen molar-refractivity contribution in [3.63, 3.8) is 0 Å². The molecule has 14 heavy (non-hydrogen) atoms. The molecule has 0 aliphatic carbocycles. The molecule has 2 bridgehead atoms. The van der Waals surface area contributed by atoms with Crippen LogP contribution in [0.4, 0.5) is 0 Å². The minimum absolute atomic E-state index is 0.293. The van der Waals surface area contributed by atoms with Gasteiger partial charge in [-0.3, -0.25) is 0 Å². The first-order valence-corrected chi connectivity index (χ1v) is 4.59. The summed E-state index contributed by atoms with van der Waals surface area (Å²) in [6.07, 6.45) is -1.95. The average Bonchev–Trinajstić information content (AvgIpc) is 2.62. The lowest BCUT2D eigenvalue weighted by molar-refractivity contribution is -0.236. The first kappa shape index (κ1) is 10.1. The molecule has 2 saturated heterocycles. The van der Waals surface area contributed by atoms with Crippen LogP contribution in [0.5, 0.6) is 0 Å². The van der Waals surface area contributed by atoms with E-state index in [1.54, 1.807) is 6.08 Å². The predicted molar refractivity (Wildman–Crippen MR) is 46.6 cm³/mol. The molecule has 5 heteroatoms. The summed E-state index contributed by atoms with van der Waals surface area (Å²) < 4.78 is 15.7. The van der Waals surface area contributed by atoms with Gasteiger partial charge in [-0.05, 0) is 0 Å². The highest BCUT2D eigenvalue weighted by atomic mass is 16.7. The van der Waals surface area contributed by atoms with E-state index in [9.17, 15) is 10.2 Å². The minimum atomic E-state index is -1.04. The third kappa shape index (κ3) is 1.57. The monoisotopic (exact) mass is 202 g/mol. The van der Waals surface area contributed by atoms with Crippen molar-refractivity contribution in [2.75, 3.05) is 13.2 Å². The summed E-state index contributed by atoms with van der Waals surface area (Å²) >= 11 is 0. The van der Waals surface area contributed by atoms with Gasteiger partial charge in [0.05, 0.1) is 13.2 Å². The Morgan fingerprint density at radius 3 is 2.93 bits per heavy atom. The van der Waals surface area contributed by atoms with E-state index in [-0.39, 0.29) is 6.10 Å². The lowest BCUT2D eigenvalue weighted by Crippen LogP contribution is -2.54. The lowest BCUT2D eigenvalue weighted by atomic mass is 10.0. The van der Waals surface area contributed by atoms with E-state index in [0.29, 0.717) is 13.2 Å². The molecule has 0 aromatic rings. The smallest absolute Gasteiger partial charge is 0.186 e. The lowest BCUT2D eigenvalue weighted by Gasteiger charge is -2.35. The molecule has 2 aliphatic heterocycles. The van der Waals surface area contributed by atoms with Crippen molar-refractivity contribution in [1.29, 1.82) is 0 Å². The summed E-state index contributed by atoms with van der Waals surface area (Å²) in [5, 5.41) is 19.2. The van der Waals surface area contributed by atoms with Crippen molar-refractivity contribution in [1.82, 2.24) is 0 Å². The number of ether oxygens (including phenoxy) is 3. The number of fused-ring (bicyclic) bond motifs is 2. The van der Waals surface area contributed by atoms with E-state index in [1.807, 2.05) is 0 Å². The fraction of sp³-hybridized carbons (Fsp3) is 0.778. The Morgan fingerprint density at radius 2 is 2.21 bits per heavy atom. The highest BCUT2D eigenvalue weighted by Gasteiger charge is 2.49. The number of rotatable bonds is 3. The fourth-order valence-electron chi connectivity index (χ4n) is 1.75. The molecule has 5 nitrogen and oxygen atoms in total. The summed E-state index contributed by atoms with van der Waals surface area (Å²) in [6.45, 7) is 4.18. The molecule has 5 atom stereocenters. The van der Waals surface area contributed by atoms with Gasteiger partial charge in [0.15, 0.2) is 6.29 Å². The van der Waals surface area contributed by atoms with Crippen LogP contribution < -0.4 is 0 Å². The van der Waals surface area contributed by atoms with Gasteiger partial charge in [-0.1, -0.05) is 6.08 Å². The largest absolute Gasteiger partial charge is 0.387 e. The van der Waals surface area contributed by atoms with Crippen LogP contribution in [0.2, 0.25) is 0 Å². The molecule has 2 heterocycles. The molecule has 2 aliphatic rings. The van der Waals surface area contributed by atoms with E-state index in [0.717, 1.165) is 0 Å². The summed E-state index contributed by atoms with van der Waals surface area (Å²) in [6, 6.07) is 0. The van der Waals surface area contributed by atoms with Crippen LogP contribution in [0.25, 0.3) is 0 Å². The summed E-state index contributed by atoms with van der Waals surface area (Å²) in [7, 11) is 0. The Balaban J connectivity index is 2.03. The first-order valence-electron chi connectivity index (χ1n) is 4.59. The van der Waals surface area contributed by atoms with Gasteiger partial charge in [0.1, 0.15) is 24.4 Å². The van der Waals surface area contributed by atoms with Gasteiger partial charge in [0, 0.05) is 0 Å². The zero-order valence-corrected chi connectivity index (χ0v) is 7.70. The molecular weight excluding hydrogens is 188 g/mol. The Morgan fingerprint density at radius 1 is 1.43 bits per heavy atom. The van der Waals surface area contributed by atoms with E-state index in [4.69, 9.17) is 14.2 Å². The van der Waals surface area contributed by atoms with Crippen LogP contribution in [-0.2, 0) is 14.2 Å². The quantitative estimate of drug-likeness (QED) is 0.577. The maximum absolute atomic E-state index is 9.68. The molecule has 0 aromatic heterocycles. The maximum Gasteiger partial charge on any atom is 0.186 e. The zero-order valence-electron chi connectivity index (χ0n) is 7.70. The second kappa shape index (κ2) is 3.96. The summed E-state index contributed by atoms with van der Waals surface area (Å²) in [4.78, 5) is 0. The standard InChI is InChI=1S/C9H14O5/c1-2-3-12-8-5-4-13-9(14-5)7(11)6(8)10/h2,5-11H,1,3-4H2/t5-,6-,7-,8-,9-/m1/s1. The van der Waals surface area contributed by atoms with Crippen LogP contribution in [0, 0.1) is 0 Å². The molecule has 0 radical (unpaired) electrons. The second-order valence-corrected chi connectivity index (χ2v) is 3.44. The van der Waals surface area contributed by atoms with Crippen molar-refractivity contribution in [2.45, 2.75) is 30.7 Å². The highest BCUT2D eigenvalue weighted by Crippen LogP contribution is 2.29. The maximum atomic E-state index is 9.68. The normalized spacial score (nSPS) is 46.6. The van der Waals surface area contributed by atoms with Gasteiger partial charge in [-0.25, -0.2) is 0 Å². The van der Waals surface area contributed by atoms with Crippen molar-refractivity contribution in [3.05, 3.63) is 12.7 Å². The van der Waals surface area contributed by atoms with Gasteiger partial charge in [-0.15, -0.1) is 6.58 Å². The minimum Gasteiger partial charge on any atom is -0.387 e. The Labute approximate surface area is 81.9 Å². The number of aliphatic hydroxyl groups is 2. The van der Waals surface area contributed by atoms with Crippen LogP contribution in [-0.4, -0.2) is 54.1 Å². The Hall–Kier alpha value is -0.460. The average molecular weight is 202 g/mol. The van der Waals surface area contributed by atoms with Gasteiger partial charge in [-0.2, -0.15) is 0 Å². The first-order chi connectivity index (χ1) is 6.74. The van der Waals surface area contributed by atoms with Gasteiger partial charge in [0.2, 0.25) is 0 Å². The Bertz CT molecular complexity index is 219. The molecule has 2 fully saturated rings. The zero-order chi connectivity index (χ0) is 10.1. The molecule has 0 amide bonds. The number of aliphatic hydroxyl groups excluding tert-OH is 2. The van der Waals surface area contributed by atoms with Crippen LogP contribution in [0.15, 0.2) is 12.7 Å². The molecule has 2 rings (SSSR count). The topological polar surface area (TPSA) is 68.2 Å². The SMILES string of the molecule is C=CCO[C@H]1[C@H](O)[C@@H](O)[C@@H]2OC[C@H]1O2. The third-order valence-corrected chi connectivity index (χ3v) is 2.47. The Kier molecular flexibility index (Phi) is 2.85. The molecule has 0 unspecified atom stereocenters. The summed E-state index contributed by atoms with van der Waals surface area (Å²) in [5.74, 6) is 0. The van der Waals surface area contributed by atoms with Crippen molar-refractivity contribution >= 4 is 0 Å². The van der Waals surface area contributed by atoms with Crippen LogP contribution in [0.3, 0.4) is 0 Å². The second-order valence-electron chi connectivity index (χ2n) is 3.44. The highest BCUT2D eigenvalue weighted by molar-refractivity contribution is 4.94. The van der Waals surface area contributed by atoms with Crippen molar-refractivity contribution < 1.29 is 24.4 Å². The van der Waals surface area contributed by atoms with E-state index >= 15 is 0 Å². The number of hydrogen-bond acceptors (Lipinski definition) is 5. The van der Waals surface area contributed by atoms with Crippen LogP contribution in [0.1, 0.15) is 0 Å². The molecule has 80 valence electrons. The van der Waals surface area contributed by atoms with E-state index < -0.39 is 24.6 Å². The van der Waals surface area contributed by atoms with E-state index in [1.165, 1.54) is 0 Å². The third-order valence-electron chi connectivity index (χ3n) is 2.47. The molecule has 2 N–H and O–H groups in total. The molecule has 0 spiro atoms. The van der Waals surface area contributed by atoms with Crippen LogP contribution >= 0.6 is 0 Å². The molecular formula is C9H14O5. The van der Waals surface area contributed by atoms with Gasteiger partial charge >= 0.3 is 0 Å². The van der Waals surface area contributed by atoms with Crippen molar-refractivity contribution in [3.8, 4) is 0 Å².